The summed E-state index contributed by atoms with van der Waals surface area (Å²) in [6, 6.07) is 13.0. The Morgan fingerprint density at radius 2 is 0.897 bits per heavy atom. The van der Waals surface area contributed by atoms with Gasteiger partial charge in [-0.05, 0) is 123 Å². The Hall–Kier alpha value is -5.37. The fourth-order valence-electron chi connectivity index (χ4n) is 26.9. The Balaban J connectivity index is 0.000000191. The lowest BCUT2D eigenvalue weighted by Crippen LogP contribution is -2.66. The molecule has 1 N–H and O–H groups in total. The van der Waals surface area contributed by atoms with Crippen molar-refractivity contribution in [1.82, 2.24) is 34.7 Å². The number of fused-ring (bicyclic) bond motifs is 12. The molecule has 16 rings (SSSR count). The van der Waals surface area contributed by atoms with Gasteiger partial charge in [0.2, 0.25) is 53.0 Å². The first-order valence-electron chi connectivity index (χ1n) is 55.7. The third-order valence-electron chi connectivity index (χ3n) is 37.6. The molecule has 0 aromatic carbocycles. The molecule has 136 heavy (non-hydrogen) atoms. The molecule has 0 aliphatic carbocycles. The number of nitrogens with zero attached hydrogens (tertiary/aromatic N) is 15. The van der Waals surface area contributed by atoms with Gasteiger partial charge in [0.05, 0.1) is 213 Å². The van der Waals surface area contributed by atoms with E-state index >= 15 is 0 Å². The summed E-state index contributed by atoms with van der Waals surface area (Å²) in [5, 5.41) is 3.21. The van der Waals surface area contributed by atoms with Crippen molar-refractivity contribution in [3.63, 3.8) is 0 Å². The number of anilines is 1. The molecule has 9 atom stereocenters. The van der Waals surface area contributed by atoms with Crippen molar-refractivity contribution in [1.29, 1.82) is 0 Å². The quantitative estimate of drug-likeness (QED) is 0.105. The maximum atomic E-state index is 12.3. The summed E-state index contributed by atoms with van der Waals surface area (Å²) in [5.41, 5.74) is 2.75. The van der Waals surface area contributed by atoms with E-state index in [2.05, 4.69) is 186 Å². The van der Waals surface area contributed by atoms with Crippen LogP contribution in [0.25, 0.3) is 0 Å². The van der Waals surface area contributed by atoms with Gasteiger partial charge in [-0.3, -0.25) is 38.4 Å². The van der Waals surface area contributed by atoms with Gasteiger partial charge in [-0.2, -0.15) is 4.57 Å². The van der Waals surface area contributed by atoms with Gasteiger partial charge in [0.25, 0.3) is 0 Å². The molecule has 1 aromatic heterocycles. The zero-order chi connectivity index (χ0) is 102. The number of rotatable bonds is 19. The Labute approximate surface area is 832 Å². The van der Waals surface area contributed by atoms with Crippen molar-refractivity contribution in [3.8, 4) is 0 Å². The number of piperidine rings is 2. The highest BCUT2D eigenvalue weighted by atomic mass is 16.2. The van der Waals surface area contributed by atoms with Crippen LogP contribution in [0.1, 0.15) is 317 Å². The average molecular weight is 1910 g/mol. The summed E-state index contributed by atoms with van der Waals surface area (Å²) in [6.07, 6.45) is 19.3. The van der Waals surface area contributed by atoms with Crippen LogP contribution >= 0.6 is 0 Å². The van der Waals surface area contributed by atoms with E-state index in [9.17, 15) is 38.4 Å². The van der Waals surface area contributed by atoms with Gasteiger partial charge in [-0.1, -0.05) is 111 Å². The number of carbonyl (C=O) groups is 8. The zero-order valence-corrected chi connectivity index (χ0v) is 94.4. The van der Waals surface area contributed by atoms with Gasteiger partial charge in [-0.25, -0.2) is 0 Å². The molecule has 0 spiro atoms. The molecule has 1 aromatic rings. The molecule has 8 amide bonds. The molecule has 15 aliphatic rings. The van der Waals surface area contributed by atoms with E-state index in [1.807, 2.05) is 127 Å². The van der Waals surface area contributed by atoms with Gasteiger partial charge < -0.3 is 71.0 Å². The first-order valence-corrected chi connectivity index (χ1v) is 55.7. The standard InChI is InChI=1S/C15H23N2O.C15H28N2O.3C14H27N2O.C14H29N2O.2C13H25N2O/c1-11(2)15(18)17-10-6-7-13-14(17)8-5-9-16(13)12(3)4;1-12(2)14(18)16-11-15-7-5-9-17(15,13(3)4)10-6-8-15;1-10(2)14(17)15-6-12-8-16(5,11(3)4)9-13(12)7-15;1-11(2)14(17)15-7-10-16(12(3)4)8-5-13(15)6-9-16;1-11(2)14(17)15-7-9-16(12(3)4)8-5-6-13(16)10-15;1-11(2)14(17)15-9-7-13(8-10-15)16(5,6)12(3)4;1-9(2)13(16)14-7-12-6-11(14)8-15(12,5)10(3)4;1-10(2)13(16)14-6-8-15(11(3)4)7-5-12(14)9-15/h5,8-9,11-12H,6-7,10H2,1-4H3;12-13H,5-11H2,1-4H3;10-13H,6-9H2,1-5H3;2*11-13H,5-10H2,1-4H3;11-13H,7-10H2,1-6H3;9-12H,6-8H2,1-5H3;10-12H,5-9H2,1-4H3/q+1;;6*+1/p+1. The molecular weight excluding hydrogens is 1700 g/mol. The highest BCUT2D eigenvalue weighted by Crippen LogP contribution is 2.48. The Morgan fingerprint density at radius 3 is 1.35 bits per heavy atom. The van der Waals surface area contributed by atoms with Crippen LogP contribution in [0.15, 0.2) is 18.3 Å². The van der Waals surface area contributed by atoms with Gasteiger partial charge in [0.1, 0.15) is 23.3 Å². The molecule has 780 valence electrons. The normalized spacial score (nSPS) is 30.4. The maximum Gasteiger partial charge on any atom is 0.229 e. The first kappa shape index (κ1) is 116. The van der Waals surface area contributed by atoms with Gasteiger partial charge in [-0.15, -0.1) is 0 Å². The van der Waals surface area contributed by atoms with E-state index < -0.39 is 0 Å². The molecule has 24 heteroatoms. The Morgan fingerprint density at radius 1 is 0.412 bits per heavy atom. The molecule has 14 saturated heterocycles. The number of hydrogen-bond donors (Lipinski definition) is 1. The van der Waals surface area contributed by atoms with Crippen LogP contribution in [0.2, 0.25) is 0 Å². The van der Waals surface area contributed by atoms with Crippen molar-refractivity contribution in [2.75, 3.05) is 190 Å². The average Bonchev–Trinajstić information content (AvgIpc) is 1.57. The predicted octanol–water partition coefficient (Wildman–Crippen LogP) is 15.2. The number of likely N-dealkylation sites (tertiary alicyclic amines) is 5. The lowest BCUT2D eigenvalue weighted by atomic mass is 9.91. The number of amides is 8. The van der Waals surface area contributed by atoms with Gasteiger partial charge in [0, 0.05) is 187 Å². The van der Waals surface area contributed by atoms with Crippen molar-refractivity contribution in [2.45, 2.75) is 402 Å². The van der Waals surface area contributed by atoms with E-state index in [1.54, 1.807) is 0 Å². The van der Waals surface area contributed by atoms with Crippen molar-refractivity contribution >= 4 is 52.9 Å². The minimum Gasteiger partial charge on any atom is -0.350 e. The van der Waals surface area contributed by atoms with Crippen LogP contribution in [-0.2, 0) is 44.8 Å². The number of likely N-dealkylation sites (N-methyl/N-ethyl adjacent to an activating group) is 1. The third kappa shape index (κ3) is 26.2. The SMILES string of the molecule is CC(C)C(=O)N1CC2CC1C[N+]2(C)C(C)C.CC(C)C(=O)N1CC2C[N+](C)(C(C)C)CC2C1.CC(C)C(=O)N1CCC([N+](C)(C)C(C)C)CC1.CC(C)C(=O)N1CCCc2c1ccc[n+]2C(C)C.CC(C)C(=O)N1CC[N+]2(C(C)C)CCC1C2.CC(C)C(=O)N1CC[N+]2(C(C)C)CCC1CC2.CC(C)C(=O)N1CC[N+]2(C(C)C)CCCC2C1.CC(C)C(=O)NCC12CCC[N+]1(C(C)C)CCC2. The van der Waals surface area contributed by atoms with Crippen molar-refractivity contribution < 1.29 is 74.3 Å². The summed E-state index contributed by atoms with van der Waals surface area (Å²) in [7, 11) is 9.36. The minimum absolute atomic E-state index is 0.0589. The van der Waals surface area contributed by atoms with E-state index in [1.165, 1.54) is 158 Å². The van der Waals surface area contributed by atoms with Crippen LogP contribution < -0.4 is 14.8 Å². The molecule has 16 heterocycles. The lowest BCUT2D eigenvalue weighted by Gasteiger charge is -2.50. The first-order chi connectivity index (χ1) is 63.3. The highest BCUT2D eigenvalue weighted by Gasteiger charge is 2.61. The third-order valence-corrected chi connectivity index (χ3v) is 37.6. The fraction of sp³-hybridized carbons (Fsp3) is 0.884. The molecule has 6 bridgehead atoms. The van der Waals surface area contributed by atoms with Gasteiger partial charge >= 0.3 is 0 Å². The number of pyridine rings is 1. The smallest absolute Gasteiger partial charge is 0.229 e. The molecule has 0 radical (unpaired) electrons. The Kier molecular flexibility index (Phi) is 41.2. The predicted molar refractivity (Wildman–Crippen MR) is 557 cm³/mol. The summed E-state index contributed by atoms with van der Waals surface area (Å²) >= 11 is 0. The highest BCUT2D eigenvalue weighted by molar-refractivity contribution is 5.95. The van der Waals surface area contributed by atoms with Crippen molar-refractivity contribution in [3.05, 3.63) is 24.0 Å². The van der Waals surface area contributed by atoms with Crippen LogP contribution in [0, 0.1) is 59.2 Å². The summed E-state index contributed by atoms with van der Waals surface area (Å²) in [5.74, 6) is 5.05. The summed E-state index contributed by atoms with van der Waals surface area (Å²) < 4.78 is 10.7. The van der Waals surface area contributed by atoms with Gasteiger partial charge in [0.15, 0.2) is 12.2 Å². The molecule has 24 nitrogen and oxygen atoms in total. The largest absolute Gasteiger partial charge is 0.350 e. The summed E-state index contributed by atoms with van der Waals surface area (Å²) in [6.45, 7) is 95.5. The number of quaternary nitrogens is 7. The molecular formula is C112H212N16O8+8. The number of piperazine rings is 3. The number of carbonyl (C=O) groups excluding carboxylic acids is 8. The van der Waals surface area contributed by atoms with Crippen LogP contribution in [0.5, 0.6) is 0 Å². The second kappa shape index (κ2) is 48.3. The molecule has 15 aliphatic heterocycles. The van der Waals surface area contributed by atoms with E-state index in [4.69, 9.17) is 0 Å². The summed E-state index contributed by atoms with van der Waals surface area (Å²) in [4.78, 5) is 111. The zero-order valence-electron chi connectivity index (χ0n) is 94.4. The Bertz CT molecular complexity index is 4000. The van der Waals surface area contributed by atoms with Crippen molar-refractivity contribution in [2.24, 2.45) is 59.2 Å². The van der Waals surface area contributed by atoms with E-state index in [0.717, 1.165) is 144 Å². The number of nitrogens with one attached hydrogen (secondary N) is 1. The van der Waals surface area contributed by atoms with Crippen LogP contribution in [-0.4, -0.2) is 377 Å². The number of aromatic nitrogens is 1. The number of hydrogen-bond acceptors (Lipinski definition) is 8. The van der Waals surface area contributed by atoms with E-state index in [0.29, 0.717) is 126 Å². The second-order valence-electron chi connectivity index (χ2n) is 50.9. The van der Waals surface area contributed by atoms with Crippen LogP contribution in [0.3, 0.4) is 0 Å². The fourth-order valence-corrected chi connectivity index (χ4v) is 26.9. The monoisotopic (exact) mass is 1910 g/mol. The lowest BCUT2D eigenvalue weighted by molar-refractivity contribution is -0.969. The molecule has 9 unspecified atom stereocenters. The van der Waals surface area contributed by atoms with E-state index in [-0.39, 0.29) is 59.2 Å². The molecule has 14 fully saturated rings. The molecule has 0 saturated carbocycles. The van der Waals surface area contributed by atoms with Crippen LogP contribution in [0.4, 0.5) is 5.69 Å². The second-order valence-corrected chi connectivity index (χ2v) is 50.9. The maximum absolute atomic E-state index is 12.3. The minimum atomic E-state index is 0.0589. The topological polar surface area (TPSA) is 175 Å².